The molecule has 2 heterocycles. The van der Waals surface area contributed by atoms with Gasteiger partial charge in [-0.05, 0) is 44.4 Å². The molecule has 9 nitrogen and oxygen atoms in total. The summed E-state index contributed by atoms with van der Waals surface area (Å²) in [5, 5.41) is 7.07. The predicted octanol–water partition coefficient (Wildman–Crippen LogP) is 1.12. The molecule has 0 radical (unpaired) electrons. The summed E-state index contributed by atoms with van der Waals surface area (Å²) in [6.07, 6.45) is 3.78. The first-order valence-electron chi connectivity index (χ1n) is 10.2. The van der Waals surface area contributed by atoms with Crippen molar-refractivity contribution in [3.8, 4) is 0 Å². The Morgan fingerprint density at radius 3 is 2.57 bits per heavy atom. The molecule has 1 aliphatic rings. The van der Waals surface area contributed by atoms with Gasteiger partial charge in [0.15, 0.2) is 0 Å². The molecule has 1 N–H and O–H groups in total. The summed E-state index contributed by atoms with van der Waals surface area (Å²) in [6.45, 7) is 4.37. The third-order valence-corrected chi connectivity index (χ3v) is 7.44. The summed E-state index contributed by atoms with van der Waals surface area (Å²) in [4.78, 5) is 24.9. The van der Waals surface area contributed by atoms with Gasteiger partial charge in [-0.2, -0.15) is 9.40 Å². The van der Waals surface area contributed by atoms with Crippen LogP contribution < -0.4 is 11.0 Å². The van der Waals surface area contributed by atoms with E-state index in [1.54, 1.807) is 23.7 Å². The maximum atomic E-state index is 12.5. The fraction of sp³-hybridized carbons (Fsp3) is 0.550. The second kappa shape index (κ2) is 9.13. The predicted molar refractivity (Wildman–Crippen MR) is 112 cm³/mol. The summed E-state index contributed by atoms with van der Waals surface area (Å²) < 4.78 is 29.2. The van der Waals surface area contributed by atoms with Crippen LogP contribution in [0.25, 0.3) is 0 Å². The van der Waals surface area contributed by atoms with Gasteiger partial charge in [0.2, 0.25) is 15.9 Å². The Morgan fingerprint density at radius 1 is 1.20 bits per heavy atom. The monoisotopic (exact) mass is 435 g/mol. The number of rotatable bonds is 7. The lowest BCUT2D eigenvalue weighted by atomic mass is 10.2. The first-order chi connectivity index (χ1) is 14.2. The van der Waals surface area contributed by atoms with Gasteiger partial charge in [-0.3, -0.25) is 9.36 Å². The molecule has 3 rings (SSSR count). The highest BCUT2D eigenvalue weighted by Crippen LogP contribution is 2.17. The van der Waals surface area contributed by atoms with Crippen molar-refractivity contribution < 1.29 is 13.2 Å². The number of hydrogen-bond donors (Lipinski definition) is 1. The van der Waals surface area contributed by atoms with Crippen LogP contribution in [-0.2, 0) is 40.9 Å². The molecule has 1 amide bonds. The molecule has 10 heteroatoms. The quantitative estimate of drug-likeness (QED) is 0.701. The van der Waals surface area contributed by atoms with Crippen molar-refractivity contribution in [1.29, 1.82) is 0 Å². The van der Waals surface area contributed by atoms with Crippen molar-refractivity contribution in [1.82, 2.24) is 24.0 Å². The van der Waals surface area contributed by atoms with Gasteiger partial charge in [-0.25, -0.2) is 17.9 Å². The lowest BCUT2D eigenvalue weighted by Gasteiger charge is -2.21. The highest BCUT2D eigenvalue weighted by molar-refractivity contribution is 7.89. The Labute approximate surface area is 176 Å². The minimum absolute atomic E-state index is 0.134. The van der Waals surface area contributed by atoms with E-state index in [9.17, 15) is 18.0 Å². The average molecular weight is 436 g/mol. The van der Waals surface area contributed by atoms with Crippen LogP contribution in [0.3, 0.4) is 0 Å². The molecule has 1 aromatic heterocycles. The number of aromatic nitrogens is 3. The summed E-state index contributed by atoms with van der Waals surface area (Å²) in [6, 6.07) is 6.27. The molecule has 0 fully saturated rings. The van der Waals surface area contributed by atoms with Crippen molar-refractivity contribution in [2.24, 2.45) is 0 Å². The van der Waals surface area contributed by atoms with Crippen LogP contribution >= 0.6 is 0 Å². The van der Waals surface area contributed by atoms with Gasteiger partial charge in [-0.15, -0.1) is 0 Å². The zero-order valence-electron chi connectivity index (χ0n) is 17.7. The molecular formula is C20H29N5O4S. The summed E-state index contributed by atoms with van der Waals surface area (Å²) >= 11 is 0. The maximum Gasteiger partial charge on any atom is 0.346 e. The second-order valence-corrected chi connectivity index (χ2v) is 9.85. The number of sulfonamides is 1. The SMILES string of the molecule is CC(C)N(C)S(=O)(=O)c1ccc(CNC(=O)Cn2nc3n(c2=O)CCCCC3)cc1. The average Bonchev–Trinajstić information content (AvgIpc) is 2.87. The summed E-state index contributed by atoms with van der Waals surface area (Å²) in [5.41, 5.74) is 0.522. The van der Waals surface area contributed by atoms with Gasteiger partial charge >= 0.3 is 5.69 Å². The number of nitrogens with one attached hydrogen (secondary N) is 1. The number of nitrogens with zero attached hydrogens (tertiary/aromatic N) is 4. The Bertz CT molecular complexity index is 1050. The summed E-state index contributed by atoms with van der Waals surface area (Å²) in [7, 11) is -1.99. The van der Waals surface area contributed by atoms with E-state index >= 15 is 0 Å². The van der Waals surface area contributed by atoms with Crippen LogP contribution in [0.2, 0.25) is 0 Å². The van der Waals surface area contributed by atoms with Gasteiger partial charge in [-0.1, -0.05) is 18.6 Å². The number of carbonyl (C=O) groups excluding carboxylic acids is 1. The van der Waals surface area contributed by atoms with E-state index in [0.717, 1.165) is 37.1 Å². The van der Waals surface area contributed by atoms with E-state index < -0.39 is 10.0 Å². The zero-order valence-corrected chi connectivity index (χ0v) is 18.5. The van der Waals surface area contributed by atoms with Gasteiger partial charge in [0.1, 0.15) is 12.4 Å². The molecule has 0 bridgehead atoms. The van der Waals surface area contributed by atoms with Crippen molar-refractivity contribution >= 4 is 15.9 Å². The van der Waals surface area contributed by atoms with E-state index in [1.165, 1.54) is 21.1 Å². The van der Waals surface area contributed by atoms with E-state index in [1.807, 2.05) is 13.8 Å². The van der Waals surface area contributed by atoms with Crippen molar-refractivity contribution in [3.63, 3.8) is 0 Å². The lowest BCUT2D eigenvalue weighted by molar-refractivity contribution is -0.122. The van der Waals surface area contributed by atoms with Gasteiger partial charge < -0.3 is 5.32 Å². The number of benzene rings is 1. The number of aryl methyl sites for hydroxylation is 1. The molecule has 0 atom stereocenters. The molecule has 1 aromatic carbocycles. The molecule has 164 valence electrons. The minimum atomic E-state index is -3.54. The first kappa shape index (κ1) is 22.2. The molecule has 0 saturated heterocycles. The number of carbonyl (C=O) groups is 1. The Morgan fingerprint density at radius 2 is 1.90 bits per heavy atom. The van der Waals surface area contributed by atoms with E-state index in [4.69, 9.17) is 0 Å². The number of hydrogen-bond acceptors (Lipinski definition) is 5. The Hall–Kier alpha value is -2.46. The third kappa shape index (κ3) is 4.81. The third-order valence-electron chi connectivity index (χ3n) is 5.39. The highest BCUT2D eigenvalue weighted by atomic mass is 32.2. The van der Waals surface area contributed by atoms with Crippen LogP contribution in [0.1, 0.15) is 44.5 Å². The van der Waals surface area contributed by atoms with Crippen LogP contribution in [0.4, 0.5) is 0 Å². The van der Waals surface area contributed by atoms with Crippen molar-refractivity contribution in [3.05, 3.63) is 46.1 Å². The lowest BCUT2D eigenvalue weighted by Crippen LogP contribution is -2.33. The fourth-order valence-corrected chi connectivity index (χ4v) is 4.71. The molecule has 0 spiro atoms. The van der Waals surface area contributed by atoms with Crippen molar-refractivity contribution in [2.45, 2.75) is 70.1 Å². The van der Waals surface area contributed by atoms with E-state index in [-0.39, 0.29) is 35.6 Å². The summed E-state index contributed by atoms with van der Waals surface area (Å²) in [5.74, 6) is 0.426. The molecular weight excluding hydrogens is 406 g/mol. The standard InChI is InChI=1S/C20H29N5O4S/c1-15(2)23(3)30(28,29)17-10-8-16(9-11-17)13-21-19(26)14-25-20(27)24-12-6-4-5-7-18(24)22-25/h8-11,15H,4-7,12-14H2,1-3H3,(H,21,26). The Kier molecular flexibility index (Phi) is 6.77. The number of amides is 1. The van der Waals surface area contributed by atoms with Gasteiger partial charge in [0, 0.05) is 32.6 Å². The van der Waals surface area contributed by atoms with Gasteiger partial charge in [0.25, 0.3) is 0 Å². The molecule has 1 aliphatic heterocycles. The Balaban J connectivity index is 1.60. The normalized spacial score (nSPS) is 14.6. The van der Waals surface area contributed by atoms with Crippen molar-refractivity contribution in [2.75, 3.05) is 7.05 Å². The maximum absolute atomic E-state index is 12.5. The van der Waals surface area contributed by atoms with Crippen LogP contribution in [0.5, 0.6) is 0 Å². The minimum Gasteiger partial charge on any atom is -0.350 e. The van der Waals surface area contributed by atoms with Crippen LogP contribution in [-0.4, -0.2) is 46.1 Å². The highest BCUT2D eigenvalue weighted by Gasteiger charge is 2.23. The smallest absolute Gasteiger partial charge is 0.346 e. The zero-order chi connectivity index (χ0) is 21.9. The van der Waals surface area contributed by atoms with E-state index in [0.29, 0.717) is 6.54 Å². The second-order valence-electron chi connectivity index (χ2n) is 7.85. The van der Waals surface area contributed by atoms with E-state index in [2.05, 4.69) is 10.4 Å². The van der Waals surface area contributed by atoms with Crippen LogP contribution in [0.15, 0.2) is 34.0 Å². The molecule has 2 aromatic rings. The topological polar surface area (TPSA) is 106 Å². The van der Waals surface area contributed by atoms with Crippen LogP contribution in [0, 0.1) is 0 Å². The number of fused-ring (bicyclic) bond motifs is 1. The molecule has 0 unspecified atom stereocenters. The largest absolute Gasteiger partial charge is 0.350 e. The van der Waals surface area contributed by atoms with Gasteiger partial charge in [0.05, 0.1) is 4.90 Å². The molecule has 0 aliphatic carbocycles. The fourth-order valence-electron chi connectivity index (χ4n) is 3.34. The first-order valence-corrected chi connectivity index (χ1v) is 11.6. The molecule has 30 heavy (non-hydrogen) atoms. The molecule has 0 saturated carbocycles.